The predicted octanol–water partition coefficient (Wildman–Crippen LogP) is 3.28. The molecule has 2 rings (SSSR count). The summed E-state index contributed by atoms with van der Waals surface area (Å²) in [5.74, 6) is 0.295. The minimum absolute atomic E-state index is 0.296. The van der Waals surface area contributed by atoms with Gasteiger partial charge in [0.15, 0.2) is 0 Å². The van der Waals surface area contributed by atoms with Crippen LogP contribution in [0.4, 0.5) is 0 Å². The molecule has 0 bridgehead atoms. The molecule has 0 saturated heterocycles. The van der Waals surface area contributed by atoms with E-state index in [9.17, 15) is 4.79 Å². The molecule has 0 saturated carbocycles. The first kappa shape index (κ1) is 9.93. The molecule has 3 heteroatoms. The summed E-state index contributed by atoms with van der Waals surface area (Å²) >= 11 is 1.38. The van der Waals surface area contributed by atoms with Crippen LogP contribution in [-0.4, -0.2) is 5.97 Å². The Bertz CT molecular complexity index is 460. The van der Waals surface area contributed by atoms with Crippen molar-refractivity contribution in [3.63, 3.8) is 0 Å². The minimum atomic E-state index is -0.296. The van der Waals surface area contributed by atoms with Gasteiger partial charge in [-0.3, -0.25) is 0 Å². The van der Waals surface area contributed by atoms with E-state index in [0.717, 1.165) is 5.56 Å². The second kappa shape index (κ2) is 4.28. The number of hydrogen-bond acceptors (Lipinski definition) is 3. The molecule has 0 unspecified atom stereocenters. The van der Waals surface area contributed by atoms with Gasteiger partial charge in [0, 0.05) is 0 Å². The average molecular weight is 218 g/mol. The highest BCUT2D eigenvalue weighted by atomic mass is 32.1. The van der Waals surface area contributed by atoms with Crippen LogP contribution in [0.2, 0.25) is 0 Å². The Balaban J connectivity index is 2.13. The first-order valence-corrected chi connectivity index (χ1v) is 5.46. The van der Waals surface area contributed by atoms with Gasteiger partial charge in [-0.25, -0.2) is 4.79 Å². The van der Waals surface area contributed by atoms with Gasteiger partial charge in [0.25, 0.3) is 0 Å². The fraction of sp³-hybridized carbons (Fsp3) is 0.0833. The number of esters is 1. The van der Waals surface area contributed by atoms with E-state index in [0.29, 0.717) is 10.6 Å². The van der Waals surface area contributed by atoms with E-state index in [1.807, 2.05) is 36.6 Å². The fourth-order valence-corrected chi connectivity index (χ4v) is 1.83. The summed E-state index contributed by atoms with van der Waals surface area (Å²) in [5.41, 5.74) is 1.08. The number of ether oxygens (including phenoxy) is 1. The number of carbonyl (C=O) groups is 1. The Morgan fingerprint density at radius 3 is 2.80 bits per heavy atom. The van der Waals surface area contributed by atoms with Crippen molar-refractivity contribution in [2.24, 2.45) is 0 Å². The second-order valence-electron chi connectivity index (χ2n) is 3.18. The zero-order chi connectivity index (χ0) is 10.7. The average Bonchev–Trinajstić information content (AvgIpc) is 2.70. The molecule has 2 nitrogen and oxygen atoms in total. The summed E-state index contributed by atoms with van der Waals surface area (Å²) in [6.45, 7) is 1.96. The minimum Gasteiger partial charge on any atom is -0.422 e. The van der Waals surface area contributed by atoms with Crippen molar-refractivity contribution in [3.05, 3.63) is 52.2 Å². The molecular formula is C12H10O2S. The highest BCUT2D eigenvalue weighted by molar-refractivity contribution is 7.12. The van der Waals surface area contributed by atoms with Crippen LogP contribution in [-0.2, 0) is 0 Å². The maximum Gasteiger partial charge on any atom is 0.353 e. The Morgan fingerprint density at radius 1 is 1.27 bits per heavy atom. The Hall–Kier alpha value is -1.61. The van der Waals surface area contributed by atoms with Crippen molar-refractivity contribution in [1.82, 2.24) is 0 Å². The van der Waals surface area contributed by atoms with Crippen LogP contribution < -0.4 is 4.74 Å². The van der Waals surface area contributed by atoms with Gasteiger partial charge in [0.2, 0.25) is 0 Å². The van der Waals surface area contributed by atoms with Crippen LogP contribution in [0.1, 0.15) is 15.2 Å². The number of carbonyl (C=O) groups excluding carboxylic acids is 1. The van der Waals surface area contributed by atoms with E-state index in [1.165, 1.54) is 11.3 Å². The van der Waals surface area contributed by atoms with Crippen molar-refractivity contribution in [3.8, 4) is 5.75 Å². The van der Waals surface area contributed by atoms with Gasteiger partial charge < -0.3 is 4.74 Å². The highest BCUT2D eigenvalue weighted by Gasteiger charge is 2.08. The van der Waals surface area contributed by atoms with Gasteiger partial charge in [-0.2, -0.15) is 0 Å². The van der Waals surface area contributed by atoms with Crippen molar-refractivity contribution in [1.29, 1.82) is 0 Å². The summed E-state index contributed by atoms with van der Waals surface area (Å²) in [5, 5.41) is 1.85. The standard InChI is InChI=1S/C12H10O2S/c1-9-4-2-5-10(8-9)14-12(13)11-6-3-7-15-11/h2-8H,1H3. The lowest BCUT2D eigenvalue weighted by atomic mass is 10.2. The molecule has 0 amide bonds. The van der Waals surface area contributed by atoms with E-state index in [4.69, 9.17) is 4.74 Å². The van der Waals surface area contributed by atoms with Crippen LogP contribution in [0.15, 0.2) is 41.8 Å². The molecule has 0 N–H and O–H groups in total. The van der Waals surface area contributed by atoms with Gasteiger partial charge in [0.1, 0.15) is 10.6 Å². The van der Waals surface area contributed by atoms with Gasteiger partial charge in [-0.1, -0.05) is 18.2 Å². The van der Waals surface area contributed by atoms with Crippen molar-refractivity contribution in [2.75, 3.05) is 0 Å². The van der Waals surface area contributed by atoms with Crippen LogP contribution in [0.5, 0.6) is 5.75 Å². The maximum atomic E-state index is 11.6. The van der Waals surface area contributed by atoms with E-state index in [1.54, 1.807) is 12.1 Å². The molecule has 1 heterocycles. The molecule has 0 aliphatic rings. The smallest absolute Gasteiger partial charge is 0.353 e. The predicted molar refractivity (Wildman–Crippen MR) is 60.5 cm³/mol. The summed E-state index contributed by atoms with van der Waals surface area (Å²) in [4.78, 5) is 12.2. The molecule has 0 radical (unpaired) electrons. The lowest BCUT2D eigenvalue weighted by Gasteiger charge is -2.02. The summed E-state index contributed by atoms with van der Waals surface area (Å²) in [7, 11) is 0. The van der Waals surface area contributed by atoms with E-state index in [-0.39, 0.29) is 5.97 Å². The van der Waals surface area contributed by atoms with Crippen LogP contribution in [0, 0.1) is 6.92 Å². The third-order valence-electron chi connectivity index (χ3n) is 1.92. The maximum absolute atomic E-state index is 11.6. The number of thiophene rings is 1. The van der Waals surface area contributed by atoms with Crippen molar-refractivity contribution in [2.45, 2.75) is 6.92 Å². The number of aryl methyl sites for hydroxylation is 1. The Labute approximate surface area is 92.1 Å². The first-order valence-electron chi connectivity index (χ1n) is 4.58. The lowest BCUT2D eigenvalue weighted by molar-refractivity contribution is 0.0740. The lowest BCUT2D eigenvalue weighted by Crippen LogP contribution is -2.06. The van der Waals surface area contributed by atoms with Crippen LogP contribution in [0.3, 0.4) is 0 Å². The molecular weight excluding hydrogens is 208 g/mol. The van der Waals surface area contributed by atoms with Crippen LogP contribution in [0.25, 0.3) is 0 Å². The number of benzene rings is 1. The summed E-state index contributed by atoms with van der Waals surface area (Å²) < 4.78 is 5.21. The zero-order valence-electron chi connectivity index (χ0n) is 8.27. The topological polar surface area (TPSA) is 26.3 Å². The summed E-state index contributed by atoms with van der Waals surface area (Å²) in [6, 6.07) is 11.0. The monoisotopic (exact) mass is 218 g/mol. The molecule has 0 atom stereocenters. The van der Waals surface area contributed by atoms with E-state index in [2.05, 4.69) is 0 Å². The molecule has 0 spiro atoms. The largest absolute Gasteiger partial charge is 0.422 e. The molecule has 0 aliphatic heterocycles. The molecule has 76 valence electrons. The van der Waals surface area contributed by atoms with Crippen LogP contribution >= 0.6 is 11.3 Å². The van der Waals surface area contributed by atoms with Gasteiger partial charge in [0.05, 0.1) is 0 Å². The molecule has 0 aliphatic carbocycles. The van der Waals surface area contributed by atoms with Gasteiger partial charge in [-0.15, -0.1) is 11.3 Å². The van der Waals surface area contributed by atoms with Crippen molar-refractivity contribution < 1.29 is 9.53 Å². The third kappa shape index (κ3) is 2.44. The molecule has 15 heavy (non-hydrogen) atoms. The molecule has 1 aromatic heterocycles. The zero-order valence-corrected chi connectivity index (χ0v) is 9.08. The van der Waals surface area contributed by atoms with Gasteiger partial charge >= 0.3 is 5.97 Å². The molecule has 2 aromatic rings. The molecule has 1 aromatic carbocycles. The SMILES string of the molecule is Cc1cccc(OC(=O)c2cccs2)c1. The highest BCUT2D eigenvalue weighted by Crippen LogP contribution is 2.16. The fourth-order valence-electron chi connectivity index (χ4n) is 1.23. The second-order valence-corrected chi connectivity index (χ2v) is 4.13. The van der Waals surface area contributed by atoms with Gasteiger partial charge in [-0.05, 0) is 36.1 Å². The molecule has 0 fully saturated rings. The summed E-state index contributed by atoms with van der Waals surface area (Å²) in [6.07, 6.45) is 0. The van der Waals surface area contributed by atoms with E-state index >= 15 is 0 Å². The Kier molecular flexibility index (Phi) is 2.83. The number of hydrogen-bond donors (Lipinski definition) is 0. The normalized spacial score (nSPS) is 9.93. The third-order valence-corrected chi connectivity index (χ3v) is 2.77. The Morgan fingerprint density at radius 2 is 2.13 bits per heavy atom. The van der Waals surface area contributed by atoms with Crippen molar-refractivity contribution >= 4 is 17.3 Å². The quantitative estimate of drug-likeness (QED) is 0.571. The van der Waals surface area contributed by atoms with E-state index < -0.39 is 0 Å². The number of rotatable bonds is 2. The first-order chi connectivity index (χ1) is 7.25.